The Kier molecular flexibility index (Phi) is 3.83. The average molecular weight is 195 g/mol. The van der Waals surface area contributed by atoms with Crippen LogP contribution in [0, 0.1) is 0 Å². The van der Waals surface area contributed by atoms with Gasteiger partial charge in [0.15, 0.2) is 5.78 Å². The van der Waals surface area contributed by atoms with Crippen molar-refractivity contribution in [3.63, 3.8) is 0 Å². The Hall–Kier alpha value is -1.16. The molecule has 0 aromatic carbocycles. The highest BCUT2D eigenvalue weighted by Gasteiger charge is 2.02. The maximum Gasteiger partial charge on any atom is 0.162 e. The SMILES string of the molecule is CC(=O)c1cnn(CCNC(C)C)c1. The normalized spacial score (nSPS) is 10.9. The quantitative estimate of drug-likeness (QED) is 0.715. The Morgan fingerprint density at radius 2 is 2.36 bits per heavy atom. The molecule has 1 aromatic heterocycles. The molecule has 0 unspecified atom stereocenters. The number of ketones is 1. The van der Waals surface area contributed by atoms with Crippen LogP contribution in [-0.4, -0.2) is 28.2 Å². The van der Waals surface area contributed by atoms with Gasteiger partial charge in [-0.05, 0) is 6.92 Å². The number of hydrogen-bond donors (Lipinski definition) is 1. The van der Waals surface area contributed by atoms with E-state index < -0.39 is 0 Å². The maximum atomic E-state index is 11.0. The molecular formula is C10H17N3O. The summed E-state index contributed by atoms with van der Waals surface area (Å²) in [6, 6.07) is 0.484. The Morgan fingerprint density at radius 1 is 1.64 bits per heavy atom. The fourth-order valence-corrected chi connectivity index (χ4v) is 1.14. The van der Waals surface area contributed by atoms with Gasteiger partial charge in [0.25, 0.3) is 0 Å². The van der Waals surface area contributed by atoms with Gasteiger partial charge in [-0.25, -0.2) is 0 Å². The Bertz CT molecular complexity index is 304. The maximum absolute atomic E-state index is 11.0. The molecule has 0 saturated carbocycles. The second kappa shape index (κ2) is 4.91. The van der Waals surface area contributed by atoms with E-state index >= 15 is 0 Å². The van der Waals surface area contributed by atoms with Crippen LogP contribution in [0.5, 0.6) is 0 Å². The van der Waals surface area contributed by atoms with Crippen molar-refractivity contribution >= 4 is 5.78 Å². The molecule has 0 radical (unpaired) electrons. The van der Waals surface area contributed by atoms with Gasteiger partial charge in [0.05, 0.1) is 18.3 Å². The molecule has 0 aliphatic rings. The first kappa shape index (κ1) is 10.9. The molecular weight excluding hydrogens is 178 g/mol. The molecule has 0 fully saturated rings. The fourth-order valence-electron chi connectivity index (χ4n) is 1.14. The molecule has 0 amide bonds. The number of hydrogen-bond acceptors (Lipinski definition) is 3. The lowest BCUT2D eigenvalue weighted by molar-refractivity contribution is 0.101. The lowest BCUT2D eigenvalue weighted by Gasteiger charge is -2.07. The monoisotopic (exact) mass is 195 g/mol. The van der Waals surface area contributed by atoms with Gasteiger partial charge >= 0.3 is 0 Å². The van der Waals surface area contributed by atoms with Gasteiger partial charge < -0.3 is 5.32 Å². The van der Waals surface area contributed by atoms with Crippen LogP contribution in [-0.2, 0) is 6.54 Å². The van der Waals surface area contributed by atoms with Crippen molar-refractivity contribution in [3.8, 4) is 0 Å². The van der Waals surface area contributed by atoms with Crippen molar-refractivity contribution < 1.29 is 4.79 Å². The summed E-state index contributed by atoms with van der Waals surface area (Å²) in [5, 5.41) is 7.38. The van der Waals surface area contributed by atoms with Gasteiger partial charge in [-0.2, -0.15) is 5.10 Å². The minimum absolute atomic E-state index is 0.0630. The van der Waals surface area contributed by atoms with Crippen molar-refractivity contribution in [3.05, 3.63) is 18.0 Å². The van der Waals surface area contributed by atoms with E-state index in [9.17, 15) is 4.79 Å². The number of nitrogens with one attached hydrogen (secondary N) is 1. The topological polar surface area (TPSA) is 46.9 Å². The predicted octanol–water partition coefficient (Wildman–Crippen LogP) is 1.08. The molecule has 0 saturated heterocycles. The summed E-state index contributed by atoms with van der Waals surface area (Å²) in [7, 11) is 0. The van der Waals surface area contributed by atoms with E-state index in [1.165, 1.54) is 0 Å². The van der Waals surface area contributed by atoms with Crippen LogP contribution in [0.25, 0.3) is 0 Å². The lowest BCUT2D eigenvalue weighted by atomic mass is 10.3. The summed E-state index contributed by atoms with van der Waals surface area (Å²) in [6.45, 7) is 7.42. The summed E-state index contributed by atoms with van der Waals surface area (Å²) in [5.41, 5.74) is 0.676. The summed E-state index contributed by atoms with van der Waals surface area (Å²) in [5.74, 6) is 0.0630. The first-order valence-corrected chi connectivity index (χ1v) is 4.86. The van der Waals surface area contributed by atoms with E-state index in [0.29, 0.717) is 11.6 Å². The second-order valence-corrected chi connectivity index (χ2v) is 3.66. The standard InChI is InChI=1S/C10H17N3O/c1-8(2)11-4-5-13-7-10(6-12-13)9(3)14/h6-8,11H,4-5H2,1-3H3. The molecule has 1 heterocycles. The zero-order chi connectivity index (χ0) is 10.6. The molecule has 0 atom stereocenters. The summed E-state index contributed by atoms with van der Waals surface area (Å²) < 4.78 is 1.78. The van der Waals surface area contributed by atoms with Gasteiger partial charge in [0.2, 0.25) is 0 Å². The van der Waals surface area contributed by atoms with Gasteiger partial charge in [-0.15, -0.1) is 0 Å². The van der Waals surface area contributed by atoms with Crippen LogP contribution in [0.4, 0.5) is 0 Å². The number of rotatable bonds is 5. The highest BCUT2D eigenvalue weighted by atomic mass is 16.1. The van der Waals surface area contributed by atoms with Gasteiger partial charge in [-0.3, -0.25) is 9.48 Å². The number of nitrogens with zero attached hydrogens (tertiary/aromatic N) is 2. The minimum atomic E-state index is 0.0630. The molecule has 4 nitrogen and oxygen atoms in total. The number of carbonyl (C=O) groups excluding carboxylic acids is 1. The van der Waals surface area contributed by atoms with Crippen LogP contribution < -0.4 is 5.32 Å². The molecule has 1 aromatic rings. The Balaban J connectivity index is 2.40. The zero-order valence-corrected chi connectivity index (χ0v) is 8.95. The van der Waals surface area contributed by atoms with Crippen molar-refractivity contribution in [2.75, 3.05) is 6.54 Å². The third-order valence-electron chi connectivity index (χ3n) is 1.93. The third kappa shape index (κ3) is 3.30. The highest BCUT2D eigenvalue weighted by Crippen LogP contribution is 1.97. The largest absolute Gasteiger partial charge is 0.313 e. The first-order chi connectivity index (χ1) is 6.59. The number of aromatic nitrogens is 2. The van der Waals surface area contributed by atoms with Gasteiger partial charge in [0, 0.05) is 18.8 Å². The Morgan fingerprint density at radius 3 is 2.86 bits per heavy atom. The van der Waals surface area contributed by atoms with Crippen molar-refractivity contribution in [1.82, 2.24) is 15.1 Å². The van der Waals surface area contributed by atoms with Gasteiger partial charge in [-0.1, -0.05) is 13.8 Å². The van der Waals surface area contributed by atoms with Crippen molar-refractivity contribution in [2.24, 2.45) is 0 Å². The summed E-state index contributed by atoms with van der Waals surface area (Å²) in [4.78, 5) is 11.0. The summed E-state index contributed by atoms with van der Waals surface area (Å²) in [6.07, 6.45) is 3.39. The van der Waals surface area contributed by atoms with E-state index in [0.717, 1.165) is 13.1 Å². The highest BCUT2D eigenvalue weighted by molar-refractivity contribution is 5.93. The molecule has 1 N–H and O–H groups in total. The minimum Gasteiger partial charge on any atom is -0.313 e. The van der Waals surface area contributed by atoms with Crippen LogP contribution in [0.15, 0.2) is 12.4 Å². The molecule has 4 heteroatoms. The zero-order valence-electron chi connectivity index (χ0n) is 8.95. The van der Waals surface area contributed by atoms with Crippen LogP contribution in [0.1, 0.15) is 31.1 Å². The van der Waals surface area contributed by atoms with E-state index in [2.05, 4.69) is 24.3 Å². The van der Waals surface area contributed by atoms with E-state index in [-0.39, 0.29) is 5.78 Å². The van der Waals surface area contributed by atoms with E-state index in [4.69, 9.17) is 0 Å². The predicted molar refractivity (Wildman–Crippen MR) is 55.4 cm³/mol. The fraction of sp³-hybridized carbons (Fsp3) is 0.600. The average Bonchev–Trinajstić information content (AvgIpc) is 2.52. The molecule has 0 aliphatic heterocycles. The number of carbonyl (C=O) groups is 1. The summed E-state index contributed by atoms with van der Waals surface area (Å²) >= 11 is 0. The number of Topliss-reactive ketones (excluding diaryl/α,β-unsaturated/α-hetero) is 1. The van der Waals surface area contributed by atoms with Crippen LogP contribution in [0.2, 0.25) is 0 Å². The van der Waals surface area contributed by atoms with Crippen molar-refractivity contribution in [2.45, 2.75) is 33.4 Å². The van der Waals surface area contributed by atoms with Crippen LogP contribution >= 0.6 is 0 Å². The second-order valence-electron chi connectivity index (χ2n) is 3.66. The molecule has 14 heavy (non-hydrogen) atoms. The van der Waals surface area contributed by atoms with Crippen molar-refractivity contribution in [1.29, 1.82) is 0 Å². The van der Waals surface area contributed by atoms with E-state index in [1.807, 2.05) is 0 Å². The Labute approximate surface area is 84.3 Å². The molecule has 1 rings (SSSR count). The third-order valence-corrected chi connectivity index (χ3v) is 1.93. The van der Waals surface area contributed by atoms with Crippen LogP contribution in [0.3, 0.4) is 0 Å². The van der Waals surface area contributed by atoms with E-state index in [1.54, 1.807) is 24.0 Å². The molecule has 0 bridgehead atoms. The molecule has 78 valence electrons. The smallest absolute Gasteiger partial charge is 0.162 e. The first-order valence-electron chi connectivity index (χ1n) is 4.86. The van der Waals surface area contributed by atoms with Gasteiger partial charge in [0.1, 0.15) is 0 Å². The molecule has 0 spiro atoms. The lowest BCUT2D eigenvalue weighted by Crippen LogP contribution is -2.26. The molecule has 0 aliphatic carbocycles.